The monoisotopic (exact) mass is 391 g/mol. The van der Waals surface area contributed by atoms with Crippen molar-refractivity contribution in [3.8, 4) is 10.8 Å². The van der Waals surface area contributed by atoms with E-state index in [0.717, 1.165) is 5.52 Å². The summed E-state index contributed by atoms with van der Waals surface area (Å²) in [5.74, 6) is -0.662. The third-order valence-electron chi connectivity index (χ3n) is 4.84. The maximum atomic E-state index is 12.8. The van der Waals surface area contributed by atoms with Crippen molar-refractivity contribution in [2.75, 3.05) is 5.75 Å². The average Bonchev–Trinajstić information content (AvgIpc) is 3.22. The number of carboxylic acids is 1. The van der Waals surface area contributed by atoms with Gasteiger partial charge in [-0.3, -0.25) is 4.79 Å². The van der Waals surface area contributed by atoms with Crippen molar-refractivity contribution in [2.24, 2.45) is 0 Å². The molecule has 0 aliphatic carbocycles. The zero-order valence-electron chi connectivity index (χ0n) is 13.8. The first-order chi connectivity index (χ1) is 12.4. The number of fused-ring (bicyclic) bond motifs is 1. The summed E-state index contributed by atoms with van der Waals surface area (Å²) in [7, 11) is -3.55. The zero-order valence-corrected chi connectivity index (χ0v) is 15.5. The van der Waals surface area contributed by atoms with Crippen LogP contribution in [0.25, 0.3) is 21.9 Å². The van der Waals surface area contributed by atoms with Crippen LogP contribution < -0.4 is 0 Å². The summed E-state index contributed by atoms with van der Waals surface area (Å²) >= 11 is 1.25. The highest BCUT2D eigenvalue weighted by Crippen LogP contribution is 2.47. The molecule has 3 heterocycles. The van der Waals surface area contributed by atoms with Crippen LogP contribution >= 0.6 is 11.3 Å². The number of rotatable bonds is 4. The van der Waals surface area contributed by atoms with Crippen LogP contribution in [-0.4, -0.2) is 30.2 Å². The van der Waals surface area contributed by atoms with Crippen molar-refractivity contribution < 1.29 is 22.7 Å². The summed E-state index contributed by atoms with van der Waals surface area (Å²) in [5.41, 5.74) is 1.38. The number of hydrogen-bond donors (Lipinski definition) is 1. The number of para-hydroxylation sites is 2. The van der Waals surface area contributed by atoms with Crippen LogP contribution in [-0.2, 0) is 19.4 Å². The molecule has 3 aromatic rings. The molecular weight excluding hydrogens is 374 g/mol. The topological polar surface area (TPSA) is 97.5 Å². The van der Waals surface area contributed by atoms with Gasteiger partial charge in [-0.25, -0.2) is 13.4 Å². The zero-order chi connectivity index (χ0) is 18.4. The van der Waals surface area contributed by atoms with Crippen molar-refractivity contribution in [1.82, 2.24) is 4.98 Å². The molecule has 1 aromatic carbocycles. The van der Waals surface area contributed by atoms with Gasteiger partial charge in [0.05, 0.1) is 17.1 Å². The molecule has 0 radical (unpaired) electrons. The van der Waals surface area contributed by atoms with Gasteiger partial charge in [0.25, 0.3) is 0 Å². The standard InChI is InChI=1S/C18H17NO5S2/c20-16(21)11-18(9-3-4-10-26(18,22)23)15-8-7-14(25-15)17-19-12-5-1-2-6-13(12)24-17/h1-2,5-8H,3-4,9-11H2,(H,20,21)/t18-/m0/s1. The predicted molar refractivity (Wildman–Crippen MR) is 98.9 cm³/mol. The first kappa shape index (κ1) is 17.2. The molecule has 1 saturated heterocycles. The minimum Gasteiger partial charge on any atom is -0.481 e. The Labute approximate surface area is 154 Å². The van der Waals surface area contributed by atoms with E-state index in [9.17, 15) is 18.3 Å². The van der Waals surface area contributed by atoms with Crippen molar-refractivity contribution in [1.29, 1.82) is 0 Å². The molecule has 0 unspecified atom stereocenters. The van der Waals surface area contributed by atoms with E-state index in [-0.39, 0.29) is 5.75 Å². The quantitative estimate of drug-likeness (QED) is 0.726. The Bertz CT molecular complexity index is 1050. The van der Waals surface area contributed by atoms with Gasteiger partial charge in [0, 0.05) is 4.88 Å². The van der Waals surface area contributed by atoms with Crippen LogP contribution in [0.15, 0.2) is 40.8 Å². The van der Waals surface area contributed by atoms with Gasteiger partial charge in [-0.15, -0.1) is 11.3 Å². The minimum absolute atomic E-state index is 0.0242. The third-order valence-corrected chi connectivity index (χ3v) is 8.83. The fraction of sp³-hybridized carbons (Fsp3) is 0.333. The lowest BCUT2D eigenvalue weighted by molar-refractivity contribution is -0.137. The summed E-state index contributed by atoms with van der Waals surface area (Å²) in [4.78, 5) is 17.1. The first-order valence-corrected chi connectivity index (χ1v) is 10.8. The number of carbonyl (C=O) groups is 1. The van der Waals surface area contributed by atoms with Crippen LogP contribution in [0.5, 0.6) is 0 Å². The molecule has 1 fully saturated rings. The average molecular weight is 391 g/mol. The number of benzene rings is 1. The van der Waals surface area contributed by atoms with Gasteiger partial charge in [-0.05, 0) is 37.1 Å². The van der Waals surface area contributed by atoms with Gasteiger partial charge in [0.2, 0.25) is 5.89 Å². The Balaban J connectivity index is 1.80. The predicted octanol–water partition coefficient (Wildman–Crippen LogP) is 3.83. The molecule has 1 atom stereocenters. The van der Waals surface area contributed by atoms with Gasteiger partial charge in [-0.2, -0.15) is 0 Å². The van der Waals surface area contributed by atoms with E-state index in [1.54, 1.807) is 12.1 Å². The molecule has 1 aliphatic heterocycles. The molecular formula is C18H17NO5S2. The number of thiophene rings is 1. The van der Waals surface area contributed by atoms with Crippen LogP contribution in [0.2, 0.25) is 0 Å². The largest absolute Gasteiger partial charge is 0.481 e. The van der Waals surface area contributed by atoms with Crippen molar-refractivity contribution >= 4 is 38.2 Å². The molecule has 0 saturated carbocycles. The lowest BCUT2D eigenvalue weighted by Gasteiger charge is -2.34. The normalized spacial score (nSPS) is 22.5. The molecule has 26 heavy (non-hydrogen) atoms. The van der Waals surface area contributed by atoms with Crippen LogP contribution in [0.4, 0.5) is 0 Å². The van der Waals surface area contributed by atoms with Crippen LogP contribution in [0, 0.1) is 0 Å². The van der Waals surface area contributed by atoms with Gasteiger partial charge in [0.1, 0.15) is 10.3 Å². The van der Waals surface area contributed by atoms with Gasteiger partial charge >= 0.3 is 5.97 Å². The number of aromatic nitrogens is 1. The highest BCUT2D eigenvalue weighted by atomic mass is 32.2. The van der Waals surface area contributed by atoms with E-state index < -0.39 is 27.0 Å². The Morgan fingerprint density at radius 3 is 2.77 bits per heavy atom. The van der Waals surface area contributed by atoms with E-state index in [1.165, 1.54) is 11.3 Å². The summed E-state index contributed by atoms with van der Waals surface area (Å²) < 4.78 is 30.1. The number of nitrogens with zero attached hydrogens (tertiary/aromatic N) is 1. The number of carboxylic acid groups (broad SMARTS) is 1. The van der Waals surface area contributed by atoms with Gasteiger partial charge in [0.15, 0.2) is 15.4 Å². The minimum atomic E-state index is -3.55. The Morgan fingerprint density at radius 2 is 2.04 bits per heavy atom. The molecule has 0 bridgehead atoms. The summed E-state index contributed by atoms with van der Waals surface area (Å²) in [6.07, 6.45) is 1.19. The lowest BCUT2D eigenvalue weighted by atomic mass is 9.95. The number of sulfone groups is 1. The highest BCUT2D eigenvalue weighted by molar-refractivity contribution is 7.92. The molecule has 8 heteroatoms. The lowest BCUT2D eigenvalue weighted by Crippen LogP contribution is -2.41. The molecule has 6 nitrogen and oxygen atoms in total. The number of oxazole rings is 1. The van der Waals surface area contributed by atoms with E-state index in [0.29, 0.717) is 40.5 Å². The van der Waals surface area contributed by atoms with Crippen LogP contribution in [0.1, 0.15) is 30.6 Å². The van der Waals surface area contributed by atoms with Gasteiger partial charge < -0.3 is 9.52 Å². The number of aliphatic carboxylic acids is 1. The second-order valence-corrected chi connectivity index (χ2v) is 9.99. The second kappa shape index (κ2) is 6.21. The van der Waals surface area contributed by atoms with Crippen molar-refractivity contribution in [3.05, 3.63) is 41.3 Å². The fourth-order valence-electron chi connectivity index (χ4n) is 3.54. The molecule has 0 amide bonds. The van der Waals surface area contributed by atoms with E-state index in [4.69, 9.17) is 4.42 Å². The van der Waals surface area contributed by atoms with Crippen molar-refractivity contribution in [2.45, 2.75) is 30.4 Å². The van der Waals surface area contributed by atoms with Crippen LogP contribution in [0.3, 0.4) is 0 Å². The summed E-state index contributed by atoms with van der Waals surface area (Å²) in [6, 6.07) is 10.9. The second-order valence-electron chi connectivity index (χ2n) is 6.49. The Morgan fingerprint density at radius 1 is 1.23 bits per heavy atom. The van der Waals surface area contributed by atoms with E-state index in [1.807, 2.05) is 24.3 Å². The first-order valence-electron chi connectivity index (χ1n) is 8.32. The summed E-state index contributed by atoms with van der Waals surface area (Å²) in [5, 5.41) is 9.35. The molecule has 136 valence electrons. The number of hydrogen-bond acceptors (Lipinski definition) is 6. The van der Waals surface area contributed by atoms with Crippen molar-refractivity contribution in [3.63, 3.8) is 0 Å². The van der Waals surface area contributed by atoms with E-state index in [2.05, 4.69) is 4.98 Å². The van der Waals surface area contributed by atoms with E-state index >= 15 is 0 Å². The smallest absolute Gasteiger partial charge is 0.305 e. The maximum Gasteiger partial charge on any atom is 0.305 e. The maximum absolute atomic E-state index is 12.8. The molecule has 0 spiro atoms. The van der Waals surface area contributed by atoms with Gasteiger partial charge in [-0.1, -0.05) is 18.6 Å². The third kappa shape index (κ3) is 2.73. The molecule has 2 aromatic heterocycles. The molecule has 1 aliphatic rings. The molecule has 4 rings (SSSR count). The SMILES string of the molecule is O=C(O)C[C@]1(c2ccc(-c3nc4ccccc4o3)s2)CCCCS1(=O)=O. The Hall–Kier alpha value is -2.19. The Kier molecular flexibility index (Phi) is 4.11. The molecule has 1 N–H and O–H groups in total. The fourth-order valence-corrected chi connectivity index (χ4v) is 7.23. The highest BCUT2D eigenvalue weighted by Gasteiger charge is 2.49. The summed E-state index contributed by atoms with van der Waals surface area (Å²) in [6.45, 7) is 0.